The minimum absolute atomic E-state index is 0.100. The normalized spacial score (nSPS) is 18.8. The Kier molecular flexibility index (Phi) is 3.58. The lowest BCUT2D eigenvalue weighted by molar-refractivity contribution is 0.0928. The lowest BCUT2D eigenvalue weighted by Gasteiger charge is -2.32. The molecule has 1 atom stereocenters. The fraction of sp³-hybridized carbons (Fsp3) is 0.385. The Labute approximate surface area is 116 Å². The molecule has 1 amide bonds. The van der Waals surface area contributed by atoms with Crippen LogP contribution in [-0.2, 0) is 0 Å². The average Bonchev–Trinajstić information content (AvgIpc) is 3.03. The first-order valence-electron chi connectivity index (χ1n) is 6.64. The van der Waals surface area contributed by atoms with Gasteiger partial charge in [0, 0.05) is 31.5 Å². The fourth-order valence-corrected chi connectivity index (χ4v) is 2.37. The quantitative estimate of drug-likeness (QED) is 0.854. The van der Waals surface area contributed by atoms with Crippen LogP contribution in [0.4, 0.5) is 5.95 Å². The minimum atomic E-state index is -0.122. The number of carbonyl (C=O) groups is 1. The van der Waals surface area contributed by atoms with Crippen LogP contribution in [0.2, 0.25) is 0 Å². The molecule has 0 bridgehead atoms. The van der Waals surface area contributed by atoms with Gasteiger partial charge in [0.25, 0.3) is 5.91 Å². The lowest BCUT2D eigenvalue weighted by Crippen LogP contribution is -2.48. The third kappa shape index (κ3) is 2.76. The predicted molar refractivity (Wildman–Crippen MR) is 73.3 cm³/mol. The SMILES string of the molecule is O=C(N[C@H]1CCCN(c2ncccn2)C1)c1cnc[nH]1. The maximum absolute atomic E-state index is 12.0. The molecule has 2 aromatic heterocycles. The number of nitrogens with zero attached hydrogens (tertiary/aromatic N) is 4. The van der Waals surface area contributed by atoms with Crippen LogP contribution in [0.1, 0.15) is 23.3 Å². The first kappa shape index (κ1) is 12.6. The van der Waals surface area contributed by atoms with Crippen LogP contribution >= 0.6 is 0 Å². The van der Waals surface area contributed by atoms with E-state index in [-0.39, 0.29) is 11.9 Å². The van der Waals surface area contributed by atoms with Crippen molar-refractivity contribution in [2.45, 2.75) is 18.9 Å². The molecule has 104 valence electrons. The van der Waals surface area contributed by atoms with E-state index in [2.05, 4.69) is 30.2 Å². The van der Waals surface area contributed by atoms with Gasteiger partial charge in [-0.2, -0.15) is 0 Å². The van der Waals surface area contributed by atoms with Crippen molar-refractivity contribution < 1.29 is 4.79 Å². The summed E-state index contributed by atoms with van der Waals surface area (Å²) in [5, 5.41) is 3.01. The Morgan fingerprint density at radius 1 is 1.40 bits per heavy atom. The van der Waals surface area contributed by atoms with Crippen molar-refractivity contribution in [3.05, 3.63) is 36.7 Å². The molecule has 0 saturated carbocycles. The van der Waals surface area contributed by atoms with Gasteiger partial charge in [-0.05, 0) is 18.9 Å². The maximum Gasteiger partial charge on any atom is 0.269 e. The minimum Gasteiger partial charge on any atom is -0.346 e. The van der Waals surface area contributed by atoms with Crippen molar-refractivity contribution in [2.75, 3.05) is 18.0 Å². The second kappa shape index (κ2) is 5.68. The maximum atomic E-state index is 12.0. The van der Waals surface area contributed by atoms with Crippen molar-refractivity contribution in [2.24, 2.45) is 0 Å². The number of anilines is 1. The van der Waals surface area contributed by atoms with Gasteiger partial charge in [-0.15, -0.1) is 0 Å². The van der Waals surface area contributed by atoms with Crippen LogP contribution in [0.5, 0.6) is 0 Å². The van der Waals surface area contributed by atoms with E-state index in [4.69, 9.17) is 0 Å². The summed E-state index contributed by atoms with van der Waals surface area (Å²) in [6.07, 6.45) is 8.45. The Morgan fingerprint density at radius 3 is 3.00 bits per heavy atom. The van der Waals surface area contributed by atoms with Crippen molar-refractivity contribution in [3.63, 3.8) is 0 Å². The highest BCUT2D eigenvalue weighted by molar-refractivity contribution is 5.92. The van der Waals surface area contributed by atoms with Crippen LogP contribution in [-0.4, -0.2) is 45.0 Å². The van der Waals surface area contributed by atoms with Crippen LogP contribution in [0.3, 0.4) is 0 Å². The van der Waals surface area contributed by atoms with E-state index < -0.39 is 0 Å². The monoisotopic (exact) mass is 272 g/mol. The number of hydrogen-bond donors (Lipinski definition) is 2. The summed E-state index contributed by atoms with van der Waals surface area (Å²) in [7, 11) is 0. The molecule has 2 aromatic rings. The van der Waals surface area contributed by atoms with Gasteiger partial charge in [0.1, 0.15) is 5.69 Å². The molecule has 1 fully saturated rings. The molecule has 2 N–H and O–H groups in total. The number of piperidine rings is 1. The van der Waals surface area contributed by atoms with Gasteiger partial charge in [-0.3, -0.25) is 4.79 Å². The number of aromatic nitrogens is 4. The number of imidazole rings is 1. The van der Waals surface area contributed by atoms with E-state index in [9.17, 15) is 4.79 Å². The molecular formula is C13H16N6O. The van der Waals surface area contributed by atoms with Crippen LogP contribution < -0.4 is 10.2 Å². The molecule has 1 saturated heterocycles. The van der Waals surface area contributed by atoms with Gasteiger partial charge >= 0.3 is 0 Å². The largest absolute Gasteiger partial charge is 0.346 e. The summed E-state index contributed by atoms with van der Waals surface area (Å²) in [6, 6.07) is 1.90. The zero-order chi connectivity index (χ0) is 13.8. The molecule has 20 heavy (non-hydrogen) atoms. The molecule has 1 aliphatic rings. The summed E-state index contributed by atoms with van der Waals surface area (Å²) >= 11 is 0. The number of amides is 1. The standard InChI is InChI=1S/C13H16N6O/c20-12(11-7-14-9-17-11)18-10-3-1-6-19(8-10)13-15-4-2-5-16-13/h2,4-5,7,9-10H,1,3,6,8H2,(H,14,17)(H,18,20)/t10-/m0/s1. The second-order valence-corrected chi connectivity index (χ2v) is 4.77. The van der Waals surface area contributed by atoms with Crippen molar-refractivity contribution >= 4 is 11.9 Å². The Morgan fingerprint density at radius 2 is 2.25 bits per heavy atom. The molecule has 0 spiro atoms. The average molecular weight is 272 g/mol. The van der Waals surface area contributed by atoms with E-state index in [1.54, 1.807) is 18.5 Å². The fourth-order valence-electron chi connectivity index (χ4n) is 2.37. The van der Waals surface area contributed by atoms with E-state index in [1.807, 2.05) is 0 Å². The number of hydrogen-bond acceptors (Lipinski definition) is 5. The number of aromatic amines is 1. The van der Waals surface area contributed by atoms with Gasteiger partial charge in [-0.1, -0.05) is 0 Å². The zero-order valence-electron chi connectivity index (χ0n) is 11.0. The smallest absolute Gasteiger partial charge is 0.269 e. The molecular weight excluding hydrogens is 256 g/mol. The highest BCUT2D eigenvalue weighted by Gasteiger charge is 2.23. The van der Waals surface area contributed by atoms with E-state index >= 15 is 0 Å². The third-order valence-corrected chi connectivity index (χ3v) is 3.33. The van der Waals surface area contributed by atoms with Crippen molar-refractivity contribution in [1.82, 2.24) is 25.3 Å². The van der Waals surface area contributed by atoms with E-state index in [0.717, 1.165) is 25.9 Å². The lowest BCUT2D eigenvalue weighted by atomic mass is 10.1. The van der Waals surface area contributed by atoms with Crippen LogP contribution in [0, 0.1) is 0 Å². The summed E-state index contributed by atoms with van der Waals surface area (Å²) < 4.78 is 0. The van der Waals surface area contributed by atoms with Gasteiger partial charge in [0.2, 0.25) is 5.95 Å². The predicted octanol–water partition coefficient (Wildman–Crippen LogP) is 0.598. The van der Waals surface area contributed by atoms with E-state index in [1.165, 1.54) is 12.5 Å². The van der Waals surface area contributed by atoms with E-state index in [0.29, 0.717) is 11.6 Å². The molecule has 7 nitrogen and oxygen atoms in total. The number of carbonyl (C=O) groups excluding carboxylic acids is 1. The first-order chi connectivity index (χ1) is 9.83. The van der Waals surface area contributed by atoms with Crippen LogP contribution in [0.25, 0.3) is 0 Å². The molecule has 0 radical (unpaired) electrons. The molecule has 3 heterocycles. The summed E-state index contributed by atoms with van der Waals surface area (Å²) in [5.74, 6) is 0.594. The molecule has 0 aliphatic carbocycles. The Hall–Kier alpha value is -2.44. The van der Waals surface area contributed by atoms with Crippen LogP contribution in [0.15, 0.2) is 31.0 Å². The number of rotatable bonds is 3. The third-order valence-electron chi connectivity index (χ3n) is 3.33. The summed E-state index contributed by atoms with van der Waals surface area (Å²) in [4.78, 5) is 29.2. The summed E-state index contributed by atoms with van der Waals surface area (Å²) in [5.41, 5.74) is 0.484. The molecule has 0 unspecified atom stereocenters. The molecule has 3 rings (SSSR count). The van der Waals surface area contributed by atoms with Gasteiger partial charge < -0.3 is 15.2 Å². The molecule has 0 aromatic carbocycles. The first-order valence-corrected chi connectivity index (χ1v) is 6.64. The van der Waals surface area contributed by atoms with Gasteiger partial charge in [0.15, 0.2) is 0 Å². The highest BCUT2D eigenvalue weighted by atomic mass is 16.2. The van der Waals surface area contributed by atoms with Crippen molar-refractivity contribution in [1.29, 1.82) is 0 Å². The molecule has 1 aliphatic heterocycles. The zero-order valence-corrected chi connectivity index (χ0v) is 11.0. The van der Waals surface area contributed by atoms with Gasteiger partial charge in [0.05, 0.1) is 12.5 Å². The van der Waals surface area contributed by atoms with Gasteiger partial charge in [-0.25, -0.2) is 15.0 Å². The second-order valence-electron chi connectivity index (χ2n) is 4.77. The highest BCUT2D eigenvalue weighted by Crippen LogP contribution is 2.15. The summed E-state index contributed by atoms with van der Waals surface area (Å²) in [6.45, 7) is 1.64. The molecule has 7 heteroatoms. The van der Waals surface area contributed by atoms with Crippen molar-refractivity contribution in [3.8, 4) is 0 Å². The number of nitrogens with one attached hydrogen (secondary N) is 2. The Bertz CT molecular complexity index is 556. The topological polar surface area (TPSA) is 86.8 Å². The number of H-pyrrole nitrogens is 1. The Balaban J connectivity index is 1.62.